The third kappa shape index (κ3) is 8.83. The Morgan fingerprint density at radius 2 is 1.68 bits per heavy atom. The number of anilines is 2. The van der Waals surface area contributed by atoms with Crippen LogP contribution in [0, 0.1) is 6.92 Å². The third-order valence-corrected chi connectivity index (χ3v) is 6.09. The molecule has 0 bridgehead atoms. The van der Waals surface area contributed by atoms with Crippen molar-refractivity contribution >= 4 is 35.2 Å². The maximum atomic E-state index is 13.0. The van der Waals surface area contributed by atoms with Gasteiger partial charge in [0, 0.05) is 25.5 Å². The second kappa shape index (κ2) is 14.3. The maximum absolute atomic E-state index is 13.0. The molecule has 0 spiro atoms. The SMILES string of the molecule is COc1cc(CC(=O)N(C)CC(=O)N(CCC(=O)O)Cc2ccccn2)ccc1NC(=O)Nc1ccccc1C. The van der Waals surface area contributed by atoms with Crippen LogP contribution in [0.4, 0.5) is 16.2 Å². The van der Waals surface area contributed by atoms with Gasteiger partial charge in [-0.3, -0.25) is 19.4 Å². The zero-order chi connectivity index (χ0) is 29.1. The number of nitrogens with zero attached hydrogens (tertiary/aromatic N) is 3. The number of aliphatic carboxylic acids is 1. The number of carboxylic acids is 1. The molecule has 0 aliphatic rings. The number of para-hydroxylation sites is 1. The number of nitrogens with one attached hydrogen (secondary N) is 2. The van der Waals surface area contributed by atoms with E-state index in [9.17, 15) is 19.2 Å². The molecule has 11 heteroatoms. The quantitative estimate of drug-likeness (QED) is 0.315. The molecule has 2 aromatic carbocycles. The zero-order valence-corrected chi connectivity index (χ0v) is 22.7. The summed E-state index contributed by atoms with van der Waals surface area (Å²) in [4.78, 5) is 56.4. The van der Waals surface area contributed by atoms with E-state index in [0.29, 0.717) is 28.4 Å². The Balaban J connectivity index is 1.61. The van der Waals surface area contributed by atoms with Crippen LogP contribution in [0.3, 0.4) is 0 Å². The number of urea groups is 1. The van der Waals surface area contributed by atoms with E-state index in [1.54, 1.807) is 48.7 Å². The van der Waals surface area contributed by atoms with E-state index >= 15 is 0 Å². The average Bonchev–Trinajstić information content (AvgIpc) is 2.93. The fourth-order valence-corrected chi connectivity index (χ4v) is 3.85. The highest BCUT2D eigenvalue weighted by molar-refractivity contribution is 6.01. The van der Waals surface area contributed by atoms with Crippen LogP contribution in [0.15, 0.2) is 66.9 Å². The second-order valence-corrected chi connectivity index (χ2v) is 9.14. The van der Waals surface area contributed by atoms with Gasteiger partial charge in [0.05, 0.1) is 44.4 Å². The van der Waals surface area contributed by atoms with Crippen LogP contribution < -0.4 is 15.4 Å². The number of carboxylic acid groups (broad SMARTS) is 1. The van der Waals surface area contributed by atoms with E-state index in [4.69, 9.17) is 9.84 Å². The lowest BCUT2D eigenvalue weighted by Crippen LogP contribution is -2.42. The zero-order valence-electron chi connectivity index (χ0n) is 22.7. The normalized spacial score (nSPS) is 10.4. The molecule has 0 saturated carbocycles. The summed E-state index contributed by atoms with van der Waals surface area (Å²) >= 11 is 0. The molecular formula is C29H33N5O6. The first-order valence-electron chi connectivity index (χ1n) is 12.6. The first-order valence-corrected chi connectivity index (χ1v) is 12.6. The number of ether oxygens (including phenoxy) is 1. The van der Waals surface area contributed by atoms with Gasteiger partial charge in [0.2, 0.25) is 11.8 Å². The van der Waals surface area contributed by atoms with Crippen molar-refractivity contribution in [1.29, 1.82) is 0 Å². The number of methoxy groups -OCH3 is 1. The monoisotopic (exact) mass is 547 g/mol. The summed E-state index contributed by atoms with van der Waals surface area (Å²) < 4.78 is 5.42. The summed E-state index contributed by atoms with van der Waals surface area (Å²) in [5, 5.41) is 14.6. The molecule has 1 heterocycles. The number of carbonyl (C=O) groups excluding carboxylic acids is 3. The number of amides is 4. The van der Waals surface area contributed by atoms with Crippen LogP contribution in [0.2, 0.25) is 0 Å². The standard InChI is InChI=1S/C29H33N5O6/c1-20-8-4-5-10-23(20)31-29(39)32-24-12-11-21(16-25(24)40-3)17-26(35)33(2)19-27(36)34(15-13-28(37)38)18-22-9-6-7-14-30-22/h4-12,14,16H,13,15,17-19H2,1-3H3,(H,37,38)(H2,31,32,39). The molecule has 0 atom stereocenters. The van der Waals surface area contributed by atoms with Crippen LogP contribution in [0.25, 0.3) is 0 Å². The molecule has 0 saturated heterocycles. The number of aromatic nitrogens is 1. The van der Waals surface area contributed by atoms with E-state index in [-0.39, 0.29) is 44.3 Å². The topological polar surface area (TPSA) is 141 Å². The van der Waals surface area contributed by atoms with Crippen LogP contribution in [0.5, 0.6) is 5.75 Å². The molecule has 0 unspecified atom stereocenters. The van der Waals surface area contributed by atoms with E-state index < -0.39 is 12.0 Å². The Morgan fingerprint density at radius 1 is 0.950 bits per heavy atom. The van der Waals surface area contributed by atoms with Crippen LogP contribution in [0.1, 0.15) is 23.2 Å². The molecular weight excluding hydrogens is 514 g/mol. The number of hydrogen-bond acceptors (Lipinski definition) is 6. The number of likely N-dealkylation sites (N-methyl/N-ethyl adjacent to an activating group) is 1. The minimum atomic E-state index is -1.03. The summed E-state index contributed by atoms with van der Waals surface area (Å²) in [6.07, 6.45) is 1.36. The van der Waals surface area contributed by atoms with Crippen molar-refractivity contribution < 1.29 is 29.0 Å². The van der Waals surface area contributed by atoms with Crippen molar-refractivity contribution in [1.82, 2.24) is 14.8 Å². The van der Waals surface area contributed by atoms with Crippen molar-refractivity contribution in [3.63, 3.8) is 0 Å². The summed E-state index contributed by atoms with van der Waals surface area (Å²) in [6, 6.07) is 17.2. The lowest BCUT2D eigenvalue weighted by atomic mass is 10.1. The predicted molar refractivity (Wildman–Crippen MR) is 150 cm³/mol. The number of carbonyl (C=O) groups is 4. The van der Waals surface area contributed by atoms with Gasteiger partial charge in [-0.15, -0.1) is 0 Å². The van der Waals surface area contributed by atoms with Crippen molar-refractivity contribution in [2.75, 3.05) is 37.9 Å². The Kier molecular flexibility index (Phi) is 10.6. The predicted octanol–water partition coefficient (Wildman–Crippen LogP) is 3.55. The fraction of sp³-hybridized carbons (Fsp3) is 0.276. The van der Waals surface area contributed by atoms with Gasteiger partial charge in [-0.05, 0) is 48.4 Å². The van der Waals surface area contributed by atoms with Crippen LogP contribution in [-0.2, 0) is 27.3 Å². The van der Waals surface area contributed by atoms with Gasteiger partial charge in [-0.2, -0.15) is 0 Å². The van der Waals surface area contributed by atoms with Crippen LogP contribution in [-0.4, -0.2) is 71.0 Å². The summed E-state index contributed by atoms with van der Waals surface area (Å²) in [7, 11) is 2.98. The Hall–Kier alpha value is -4.93. The lowest BCUT2D eigenvalue weighted by Gasteiger charge is -2.25. The maximum Gasteiger partial charge on any atom is 0.323 e. The van der Waals surface area contributed by atoms with Gasteiger partial charge in [0.15, 0.2) is 0 Å². The summed E-state index contributed by atoms with van der Waals surface area (Å²) in [6.45, 7) is 1.80. The molecule has 0 radical (unpaired) electrons. The molecule has 210 valence electrons. The van der Waals surface area contributed by atoms with E-state index in [0.717, 1.165) is 5.56 Å². The number of pyridine rings is 1. The first kappa shape index (κ1) is 29.6. The molecule has 0 aliphatic heterocycles. The molecule has 40 heavy (non-hydrogen) atoms. The Morgan fingerprint density at radius 3 is 2.35 bits per heavy atom. The summed E-state index contributed by atoms with van der Waals surface area (Å²) in [5.41, 5.74) is 3.27. The second-order valence-electron chi connectivity index (χ2n) is 9.14. The molecule has 3 rings (SSSR count). The molecule has 11 nitrogen and oxygen atoms in total. The van der Waals surface area contributed by atoms with Crippen LogP contribution >= 0.6 is 0 Å². The van der Waals surface area contributed by atoms with Crippen molar-refractivity contribution in [3.8, 4) is 5.75 Å². The molecule has 1 aromatic heterocycles. The Bertz CT molecular complexity index is 1350. The van der Waals surface area contributed by atoms with Gasteiger partial charge in [0.1, 0.15) is 5.75 Å². The number of benzene rings is 2. The summed E-state index contributed by atoms with van der Waals surface area (Å²) in [5.74, 6) is -1.36. The highest BCUT2D eigenvalue weighted by atomic mass is 16.5. The highest BCUT2D eigenvalue weighted by Gasteiger charge is 2.21. The smallest absolute Gasteiger partial charge is 0.323 e. The first-order chi connectivity index (χ1) is 19.2. The average molecular weight is 548 g/mol. The molecule has 3 N–H and O–H groups in total. The fourth-order valence-electron chi connectivity index (χ4n) is 3.85. The van der Waals surface area contributed by atoms with Gasteiger partial charge in [-0.25, -0.2) is 4.79 Å². The van der Waals surface area contributed by atoms with Gasteiger partial charge in [-0.1, -0.05) is 30.3 Å². The Labute approximate surface area is 232 Å². The van der Waals surface area contributed by atoms with Gasteiger partial charge < -0.3 is 30.3 Å². The minimum Gasteiger partial charge on any atom is -0.495 e. The number of rotatable bonds is 12. The third-order valence-electron chi connectivity index (χ3n) is 6.09. The van der Waals surface area contributed by atoms with Gasteiger partial charge >= 0.3 is 12.0 Å². The van der Waals surface area contributed by atoms with E-state index in [1.807, 2.05) is 25.1 Å². The van der Waals surface area contributed by atoms with Crippen molar-refractivity contribution in [3.05, 3.63) is 83.7 Å². The molecule has 4 amide bonds. The van der Waals surface area contributed by atoms with Crippen molar-refractivity contribution in [2.45, 2.75) is 26.3 Å². The molecule has 0 fully saturated rings. The number of aryl methyl sites for hydroxylation is 1. The van der Waals surface area contributed by atoms with E-state index in [2.05, 4.69) is 15.6 Å². The van der Waals surface area contributed by atoms with E-state index in [1.165, 1.54) is 24.0 Å². The molecule has 0 aliphatic carbocycles. The minimum absolute atomic E-state index is 0.00412. The van der Waals surface area contributed by atoms with Gasteiger partial charge in [0.25, 0.3) is 0 Å². The van der Waals surface area contributed by atoms with Crippen molar-refractivity contribution in [2.24, 2.45) is 0 Å². The molecule has 3 aromatic rings. The number of hydrogen-bond donors (Lipinski definition) is 3. The largest absolute Gasteiger partial charge is 0.495 e. The lowest BCUT2D eigenvalue weighted by molar-refractivity contribution is -0.141. The highest BCUT2D eigenvalue weighted by Crippen LogP contribution is 2.26.